The molecule has 0 radical (unpaired) electrons. The van der Waals surface area contributed by atoms with Crippen molar-refractivity contribution in [2.45, 2.75) is 73.1 Å². The van der Waals surface area contributed by atoms with Gasteiger partial charge < -0.3 is 9.84 Å². The van der Waals surface area contributed by atoms with Gasteiger partial charge in [-0.3, -0.25) is 0 Å². The summed E-state index contributed by atoms with van der Waals surface area (Å²) in [5.41, 5.74) is 4.61. The number of hydrogen-bond donors (Lipinski definition) is 1. The van der Waals surface area contributed by atoms with Crippen LogP contribution in [0.15, 0.2) is 46.6 Å². The Labute approximate surface area is 154 Å². The molecule has 0 saturated carbocycles. The zero-order chi connectivity index (χ0) is 19.1. The second-order valence-electron chi connectivity index (χ2n) is 6.63. The average Bonchev–Trinajstić information content (AvgIpc) is 2.53. The summed E-state index contributed by atoms with van der Waals surface area (Å²) in [6.45, 7) is 10.7. The number of carbonyl (C=O) groups excluding carboxylic acids is 1. The molecule has 0 aliphatic carbocycles. The molecule has 0 aromatic heterocycles. The molecule has 0 unspecified atom stereocenters. The lowest BCUT2D eigenvalue weighted by Gasteiger charge is -2.07. The summed E-state index contributed by atoms with van der Waals surface area (Å²) in [4.78, 5) is 12.1. The van der Waals surface area contributed by atoms with Crippen molar-refractivity contribution < 1.29 is 14.6 Å². The summed E-state index contributed by atoms with van der Waals surface area (Å²) in [5, 5.41) is 8.89. The first-order chi connectivity index (χ1) is 11.9. The van der Waals surface area contributed by atoms with Crippen molar-refractivity contribution in [1.82, 2.24) is 0 Å². The van der Waals surface area contributed by atoms with E-state index in [2.05, 4.69) is 32.9 Å². The van der Waals surface area contributed by atoms with Crippen LogP contribution in [0.5, 0.6) is 0 Å². The zero-order valence-corrected chi connectivity index (χ0v) is 16.7. The first kappa shape index (κ1) is 23.4. The summed E-state index contributed by atoms with van der Waals surface area (Å²) >= 11 is 0. The monoisotopic (exact) mass is 348 g/mol. The van der Waals surface area contributed by atoms with E-state index in [1.165, 1.54) is 11.1 Å². The third-order valence-corrected chi connectivity index (χ3v) is 3.90. The highest BCUT2D eigenvalue weighted by Gasteiger charge is 2.09. The maximum Gasteiger partial charge on any atom is 0.333 e. The summed E-state index contributed by atoms with van der Waals surface area (Å²) in [6, 6.07) is 0. The molecule has 0 aliphatic heterocycles. The van der Waals surface area contributed by atoms with Crippen molar-refractivity contribution in [3.05, 3.63) is 46.6 Å². The summed E-state index contributed by atoms with van der Waals surface area (Å²) in [7, 11) is 0. The van der Waals surface area contributed by atoms with Gasteiger partial charge in [-0.2, -0.15) is 0 Å². The highest BCUT2D eigenvalue weighted by Crippen LogP contribution is 2.15. The van der Waals surface area contributed by atoms with Gasteiger partial charge in [0.05, 0.1) is 13.2 Å². The van der Waals surface area contributed by atoms with Crippen molar-refractivity contribution in [2.24, 2.45) is 0 Å². The molecule has 142 valence electrons. The molecule has 0 heterocycles. The number of carbonyl (C=O) groups is 1. The van der Waals surface area contributed by atoms with Gasteiger partial charge in [0, 0.05) is 5.57 Å². The number of rotatable bonds is 12. The number of hydrogen-bond acceptors (Lipinski definition) is 3. The van der Waals surface area contributed by atoms with Gasteiger partial charge in [0.2, 0.25) is 0 Å². The van der Waals surface area contributed by atoms with Crippen molar-refractivity contribution >= 4 is 5.97 Å². The van der Waals surface area contributed by atoms with Crippen LogP contribution in [0.2, 0.25) is 0 Å². The summed E-state index contributed by atoms with van der Waals surface area (Å²) in [5.74, 6) is -0.207. The molecule has 0 aromatic carbocycles. The lowest BCUT2D eigenvalue weighted by Crippen LogP contribution is -2.07. The minimum Gasteiger partial charge on any atom is -0.463 e. The molecule has 0 spiro atoms. The van der Waals surface area contributed by atoms with E-state index in [4.69, 9.17) is 9.84 Å². The van der Waals surface area contributed by atoms with Gasteiger partial charge in [-0.25, -0.2) is 4.79 Å². The maximum absolute atomic E-state index is 12.1. The number of allylic oxidation sites excluding steroid dienone is 6. The molecule has 0 amide bonds. The Morgan fingerprint density at radius 1 is 0.840 bits per heavy atom. The van der Waals surface area contributed by atoms with E-state index in [1.807, 2.05) is 19.9 Å². The number of aliphatic hydroxyl groups excluding tert-OH is 1. The number of aliphatic hydroxyl groups is 1. The molecular formula is C22H36O3. The summed E-state index contributed by atoms with van der Waals surface area (Å²) in [6.07, 6.45) is 13.6. The standard InChI is InChI=1S/C22H36O3/c1-6-25-22(24)21(15-9-13-20(5)16-17-23)14-8-12-19(4)11-7-10-18(2)3/h10,12,15-16,23H,6-9,11,13-14,17H2,1-5H3. The second-order valence-corrected chi connectivity index (χ2v) is 6.63. The van der Waals surface area contributed by atoms with Crippen molar-refractivity contribution in [3.8, 4) is 0 Å². The van der Waals surface area contributed by atoms with Gasteiger partial charge in [-0.15, -0.1) is 0 Å². The first-order valence-electron chi connectivity index (χ1n) is 9.32. The fourth-order valence-corrected chi connectivity index (χ4v) is 2.41. The minimum atomic E-state index is -0.207. The van der Waals surface area contributed by atoms with E-state index in [0.717, 1.165) is 43.3 Å². The van der Waals surface area contributed by atoms with Gasteiger partial charge in [0.15, 0.2) is 0 Å². The molecule has 0 fully saturated rings. The molecule has 3 nitrogen and oxygen atoms in total. The molecule has 25 heavy (non-hydrogen) atoms. The Kier molecular flexibility index (Phi) is 13.8. The van der Waals surface area contributed by atoms with E-state index in [-0.39, 0.29) is 12.6 Å². The van der Waals surface area contributed by atoms with E-state index in [1.54, 1.807) is 6.08 Å². The van der Waals surface area contributed by atoms with E-state index in [9.17, 15) is 4.79 Å². The van der Waals surface area contributed by atoms with Crippen LogP contribution in [0.4, 0.5) is 0 Å². The van der Waals surface area contributed by atoms with Crippen LogP contribution in [-0.4, -0.2) is 24.3 Å². The van der Waals surface area contributed by atoms with Crippen LogP contribution < -0.4 is 0 Å². The van der Waals surface area contributed by atoms with E-state index >= 15 is 0 Å². The number of ether oxygens (including phenoxy) is 1. The lowest BCUT2D eigenvalue weighted by atomic mass is 10.0. The topological polar surface area (TPSA) is 46.5 Å². The Balaban J connectivity index is 4.60. The zero-order valence-electron chi connectivity index (χ0n) is 16.7. The van der Waals surface area contributed by atoms with Crippen molar-refractivity contribution in [2.75, 3.05) is 13.2 Å². The van der Waals surface area contributed by atoms with Gasteiger partial charge in [-0.1, -0.05) is 41.0 Å². The number of esters is 1. The molecule has 0 aliphatic rings. The Hall–Kier alpha value is -1.61. The lowest BCUT2D eigenvalue weighted by molar-refractivity contribution is -0.138. The normalized spacial score (nSPS) is 13.0. The average molecular weight is 349 g/mol. The molecule has 3 heteroatoms. The van der Waals surface area contributed by atoms with E-state index < -0.39 is 0 Å². The van der Waals surface area contributed by atoms with E-state index in [0.29, 0.717) is 13.0 Å². The molecule has 0 aromatic rings. The largest absolute Gasteiger partial charge is 0.463 e. The molecule has 0 saturated heterocycles. The smallest absolute Gasteiger partial charge is 0.333 e. The van der Waals surface area contributed by atoms with Gasteiger partial charge >= 0.3 is 5.97 Å². The van der Waals surface area contributed by atoms with Crippen molar-refractivity contribution in [3.63, 3.8) is 0 Å². The third-order valence-electron chi connectivity index (χ3n) is 3.90. The van der Waals surface area contributed by atoms with Crippen LogP contribution in [0.3, 0.4) is 0 Å². The van der Waals surface area contributed by atoms with Crippen molar-refractivity contribution in [1.29, 1.82) is 0 Å². The SMILES string of the molecule is CCOC(=O)C(=CCCC(C)=CCO)CCC=C(C)CCC=C(C)C. The van der Waals surface area contributed by atoms with Gasteiger partial charge in [0.1, 0.15) is 0 Å². The first-order valence-corrected chi connectivity index (χ1v) is 9.32. The molecular weight excluding hydrogens is 312 g/mol. The summed E-state index contributed by atoms with van der Waals surface area (Å²) < 4.78 is 5.17. The minimum absolute atomic E-state index is 0.0666. The second kappa shape index (κ2) is 14.7. The van der Waals surface area contributed by atoms with Crippen LogP contribution in [-0.2, 0) is 9.53 Å². The quantitative estimate of drug-likeness (QED) is 0.281. The van der Waals surface area contributed by atoms with Gasteiger partial charge in [0.25, 0.3) is 0 Å². The third kappa shape index (κ3) is 13.4. The molecule has 0 rings (SSSR count). The van der Waals surface area contributed by atoms with Gasteiger partial charge in [-0.05, 0) is 73.1 Å². The maximum atomic E-state index is 12.1. The fourth-order valence-electron chi connectivity index (χ4n) is 2.41. The Morgan fingerprint density at radius 3 is 1.96 bits per heavy atom. The van der Waals surface area contributed by atoms with Crippen LogP contribution >= 0.6 is 0 Å². The Bertz CT molecular complexity index is 503. The fraction of sp³-hybridized carbons (Fsp3) is 0.591. The molecule has 0 atom stereocenters. The highest BCUT2D eigenvalue weighted by atomic mass is 16.5. The molecule has 0 bridgehead atoms. The Morgan fingerprint density at radius 2 is 1.40 bits per heavy atom. The van der Waals surface area contributed by atoms with Crippen LogP contribution in [0, 0.1) is 0 Å². The highest BCUT2D eigenvalue weighted by molar-refractivity contribution is 5.88. The van der Waals surface area contributed by atoms with Crippen LogP contribution in [0.25, 0.3) is 0 Å². The predicted octanol–water partition coefficient (Wildman–Crippen LogP) is 5.67. The van der Waals surface area contributed by atoms with Crippen LogP contribution in [0.1, 0.15) is 73.1 Å². The molecule has 1 N–H and O–H groups in total. The predicted molar refractivity (Wildman–Crippen MR) is 106 cm³/mol.